The molecule has 22 heavy (non-hydrogen) atoms. The second-order valence-corrected chi connectivity index (χ2v) is 7.47. The van der Waals surface area contributed by atoms with Gasteiger partial charge in [0.1, 0.15) is 11.3 Å². The summed E-state index contributed by atoms with van der Waals surface area (Å²) < 4.78 is 6.73. The lowest BCUT2D eigenvalue weighted by atomic mass is 10.2. The first-order valence-electron chi connectivity index (χ1n) is 6.78. The van der Waals surface area contributed by atoms with Gasteiger partial charge in [-0.2, -0.15) is 0 Å². The number of fused-ring (bicyclic) bond motifs is 1. The third-order valence-corrected chi connectivity index (χ3v) is 4.84. The summed E-state index contributed by atoms with van der Waals surface area (Å²) in [4.78, 5) is 14.9. The van der Waals surface area contributed by atoms with Crippen LogP contribution in [0.15, 0.2) is 56.7 Å². The Kier molecular flexibility index (Phi) is 4.45. The van der Waals surface area contributed by atoms with E-state index in [0.717, 1.165) is 19.6 Å². The maximum Gasteiger partial charge on any atom is 0.246 e. The third-order valence-electron chi connectivity index (χ3n) is 3.23. The number of carbonyl (C=O) groups excluding carboxylic acids is 1. The van der Waals surface area contributed by atoms with Gasteiger partial charge in [-0.1, -0.05) is 18.2 Å². The molecule has 5 heteroatoms. The number of hydrogen-bond donors (Lipinski definition) is 0. The highest BCUT2D eigenvalue weighted by Gasteiger charge is 2.08. The van der Waals surface area contributed by atoms with Gasteiger partial charge in [0, 0.05) is 23.4 Å². The lowest BCUT2D eigenvalue weighted by Gasteiger charge is -2.13. The molecule has 0 spiro atoms. The van der Waals surface area contributed by atoms with Crippen LogP contribution in [0.2, 0.25) is 0 Å². The quantitative estimate of drug-likeness (QED) is 0.605. The molecule has 0 unspecified atom stereocenters. The van der Waals surface area contributed by atoms with Crippen LogP contribution in [0.5, 0.6) is 0 Å². The number of hydrogen-bond acceptors (Lipinski definition) is 3. The van der Waals surface area contributed by atoms with Crippen molar-refractivity contribution in [2.45, 2.75) is 6.54 Å². The van der Waals surface area contributed by atoms with Crippen LogP contribution in [0.1, 0.15) is 10.6 Å². The Labute approximate surface area is 141 Å². The molecule has 0 N–H and O–H groups in total. The van der Waals surface area contributed by atoms with E-state index in [4.69, 9.17) is 4.42 Å². The standard InChI is InChI=1S/C17H14BrNO2S/c1-19(11-14-7-8-16(18)22-14)17(20)9-6-13-10-12-4-2-3-5-15(12)21-13/h2-10H,11H2,1H3/b9-6+. The fourth-order valence-corrected chi connectivity index (χ4v) is 3.65. The van der Waals surface area contributed by atoms with E-state index < -0.39 is 0 Å². The summed E-state index contributed by atoms with van der Waals surface area (Å²) in [7, 11) is 1.79. The zero-order chi connectivity index (χ0) is 15.5. The van der Waals surface area contributed by atoms with E-state index in [9.17, 15) is 4.79 Å². The molecular formula is C17H14BrNO2S. The van der Waals surface area contributed by atoms with Gasteiger partial charge in [0.05, 0.1) is 10.3 Å². The minimum absolute atomic E-state index is 0.0509. The first-order chi connectivity index (χ1) is 10.6. The van der Waals surface area contributed by atoms with E-state index in [2.05, 4.69) is 15.9 Å². The molecule has 0 bridgehead atoms. The molecule has 0 saturated heterocycles. The number of furan rings is 1. The van der Waals surface area contributed by atoms with Gasteiger partial charge in [0.2, 0.25) is 5.91 Å². The average Bonchev–Trinajstić information content (AvgIpc) is 3.10. The van der Waals surface area contributed by atoms with E-state index in [0.29, 0.717) is 12.3 Å². The first-order valence-corrected chi connectivity index (χ1v) is 8.39. The molecule has 2 heterocycles. The van der Waals surface area contributed by atoms with Crippen LogP contribution in [0.4, 0.5) is 0 Å². The number of nitrogens with zero attached hydrogens (tertiary/aromatic N) is 1. The predicted octanol–water partition coefficient (Wildman–Crippen LogP) is 4.93. The van der Waals surface area contributed by atoms with Crippen molar-refractivity contribution in [3.8, 4) is 0 Å². The van der Waals surface area contributed by atoms with Crippen LogP contribution < -0.4 is 0 Å². The van der Waals surface area contributed by atoms with Crippen molar-refractivity contribution in [3.05, 3.63) is 63.0 Å². The Morgan fingerprint density at radius 1 is 1.32 bits per heavy atom. The number of thiophene rings is 1. The monoisotopic (exact) mass is 375 g/mol. The number of rotatable bonds is 4. The molecule has 1 aromatic carbocycles. The van der Waals surface area contributed by atoms with Crippen molar-refractivity contribution in [2.75, 3.05) is 7.05 Å². The second-order valence-electron chi connectivity index (χ2n) is 4.92. The predicted molar refractivity (Wildman–Crippen MR) is 93.7 cm³/mol. The van der Waals surface area contributed by atoms with Gasteiger partial charge in [-0.15, -0.1) is 11.3 Å². The van der Waals surface area contributed by atoms with Gasteiger partial charge in [0.25, 0.3) is 0 Å². The zero-order valence-corrected chi connectivity index (χ0v) is 14.4. The Bertz CT molecular complexity index is 801. The minimum atomic E-state index is -0.0509. The molecule has 3 rings (SSSR count). The first kappa shape index (κ1) is 15.1. The van der Waals surface area contributed by atoms with Crippen LogP contribution in [-0.2, 0) is 11.3 Å². The normalized spacial score (nSPS) is 11.4. The Morgan fingerprint density at radius 3 is 2.86 bits per heavy atom. The van der Waals surface area contributed by atoms with Crippen molar-refractivity contribution >= 4 is 50.2 Å². The van der Waals surface area contributed by atoms with Crippen LogP contribution in [-0.4, -0.2) is 17.9 Å². The van der Waals surface area contributed by atoms with Crippen molar-refractivity contribution < 1.29 is 9.21 Å². The second kappa shape index (κ2) is 6.50. The molecule has 0 fully saturated rings. The number of halogens is 1. The van der Waals surface area contributed by atoms with Crippen LogP contribution in [0.3, 0.4) is 0 Å². The Morgan fingerprint density at radius 2 is 2.14 bits per heavy atom. The highest BCUT2D eigenvalue weighted by atomic mass is 79.9. The summed E-state index contributed by atoms with van der Waals surface area (Å²) in [5.41, 5.74) is 0.825. The number of carbonyl (C=O) groups is 1. The van der Waals surface area contributed by atoms with Gasteiger partial charge in [0.15, 0.2) is 0 Å². The van der Waals surface area contributed by atoms with Crippen molar-refractivity contribution in [3.63, 3.8) is 0 Å². The summed E-state index contributed by atoms with van der Waals surface area (Å²) >= 11 is 5.06. The van der Waals surface area contributed by atoms with E-state index >= 15 is 0 Å². The highest BCUT2D eigenvalue weighted by molar-refractivity contribution is 9.11. The fourth-order valence-electron chi connectivity index (χ4n) is 2.11. The topological polar surface area (TPSA) is 33.5 Å². The van der Waals surface area contributed by atoms with E-state index in [-0.39, 0.29) is 5.91 Å². The zero-order valence-electron chi connectivity index (χ0n) is 12.0. The molecule has 0 radical (unpaired) electrons. The van der Waals surface area contributed by atoms with Gasteiger partial charge >= 0.3 is 0 Å². The Hall–Kier alpha value is -1.85. The molecule has 0 aliphatic heterocycles. The van der Waals surface area contributed by atoms with Crippen molar-refractivity contribution in [1.82, 2.24) is 4.90 Å². The molecule has 3 aromatic rings. The van der Waals surface area contributed by atoms with E-state index in [1.807, 2.05) is 42.5 Å². The molecule has 0 saturated carbocycles. The Balaban J connectivity index is 1.67. The van der Waals surface area contributed by atoms with Crippen LogP contribution in [0, 0.1) is 0 Å². The number of benzene rings is 1. The minimum Gasteiger partial charge on any atom is -0.457 e. The maximum atomic E-state index is 12.1. The third kappa shape index (κ3) is 3.48. The smallest absolute Gasteiger partial charge is 0.246 e. The molecular weight excluding hydrogens is 362 g/mol. The molecule has 0 atom stereocenters. The van der Waals surface area contributed by atoms with Crippen LogP contribution in [0.25, 0.3) is 17.0 Å². The fraction of sp³-hybridized carbons (Fsp3) is 0.118. The van der Waals surface area contributed by atoms with Gasteiger partial charge in [-0.25, -0.2) is 0 Å². The summed E-state index contributed by atoms with van der Waals surface area (Å²) in [6, 6.07) is 13.7. The molecule has 1 amide bonds. The number of likely N-dealkylation sites (N-methyl/N-ethyl adjacent to an activating group) is 1. The van der Waals surface area contributed by atoms with Gasteiger partial charge in [-0.05, 0) is 46.3 Å². The van der Waals surface area contributed by atoms with Gasteiger partial charge in [-0.3, -0.25) is 4.79 Å². The van der Waals surface area contributed by atoms with Crippen LogP contribution >= 0.6 is 27.3 Å². The van der Waals surface area contributed by atoms with Crippen molar-refractivity contribution in [2.24, 2.45) is 0 Å². The SMILES string of the molecule is CN(Cc1ccc(Br)s1)C(=O)/C=C/c1cc2ccccc2o1. The molecule has 3 nitrogen and oxygen atoms in total. The number of amides is 1. The lowest BCUT2D eigenvalue weighted by Crippen LogP contribution is -2.23. The molecule has 112 valence electrons. The maximum absolute atomic E-state index is 12.1. The van der Waals surface area contributed by atoms with Crippen molar-refractivity contribution in [1.29, 1.82) is 0 Å². The summed E-state index contributed by atoms with van der Waals surface area (Å²) in [5, 5.41) is 1.03. The van der Waals surface area contributed by atoms with Gasteiger partial charge < -0.3 is 9.32 Å². The van der Waals surface area contributed by atoms with E-state index in [1.54, 1.807) is 35.4 Å². The molecule has 0 aliphatic rings. The largest absolute Gasteiger partial charge is 0.457 e. The molecule has 2 aromatic heterocycles. The highest BCUT2D eigenvalue weighted by Crippen LogP contribution is 2.23. The lowest BCUT2D eigenvalue weighted by molar-refractivity contribution is -0.125. The average molecular weight is 376 g/mol. The summed E-state index contributed by atoms with van der Waals surface area (Å²) in [5.74, 6) is 0.631. The summed E-state index contributed by atoms with van der Waals surface area (Å²) in [6.07, 6.45) is 3.25. The number of para-hydroxylation sites is 1. The summed E-state index contributed by atoms with van der Waals surface area (Å²) in [6.45, 7) is 0.597. The van der Waals surface area contributed by atoms with E-state index in [1.165, 1.54) is 0 Å². The molecule has 0 aliphatic carbocycles.